The maximum atomic E-state index is 12.9. The van der Waals surface area contributed by atoms with Gasteiger partial charge in [-0.3, -0.25) is 0 Å². The number of hydrogen-bond donors (Lipinski definition) is 1. The molecule has 1 aromatic carbocycles. The Morgan fingerprint density at radius 2 is 2.00 bits per heavy atom. The highest BCUT2D eigenvalue weighted by atomic mass is 32.1. The van der Waals surface area contributed by atoms with E-state index in [0.29, 0.717) is 5.56 Å². The molecule has 1 rings (SSSR count). The summed E-state index contributed by atoms with van der Waals surface area (Å²) in [6, 6.07) is 3.46. The van der Waals surface area contributed by atoms with Crippen molar-refractivity contribution in [1.82, 2.24) is 0 Å². The van der Waals surface area contributed by atoms with Gasteiger partial charge in [-0.1, -0.05) is 18.3 Å². The number of hydrogen-bond acceptors (Lipinski definition) is 2. The molecule has 94 valence electrons. The number of thiocarbonyl (C=S) groups is 1. The number of halogens is 4. The van der Waals surface area contributed by atoms with Gasteiger partial charge in [0.1, 0.15) is 17.4 Å². The number of alkyl halides is 3. The van der Waals surface area contributed by atoms with E-state index in [1.54, 1.807) is 0 Å². The van der Waals surface area contributed by atoms with Gasteiger partial charge >= 0.3 is 6.18 Å². The molecule has 0 atom stereocenters. The summed E-state index contributed by atoms with van der Waals surface area (Å²) >= 11 is 4.67. The molecule has 0 bridgehead atoms. The van der Waals surface area contributed by atoms with Crippen LogP contribution in [0.4, 0.5) is 17.6 Å². The van der Waals surface area contributed by atoms with E-state index in [2.05, 4.69) is 17.0 Å². The standard InChI is InChI=1S/C10H9F4NOS/c11-7-2-1-6(8(3-7)9(15)17)4-16-5-10(12,13)14/h1-3H,4-5H2,(H2,15,17). The van der Waals surface area contributed by atoms with Crippen molar-refractivity contribution in [2.75, 3.05) is 6.61 Å². The van der Waals surface area contributed by atoms with E-state index in [9.17, 15) is 17.6 Å². The first kappa shape index (κ1) is 13.9. The molecule has 0 saturated heterocycles. The van der Waals surface area contributed by atoms with Crippen LogP contribution in [0.15, 0.2) is 18.2 Å². The first-order chi connectivity index (χ1) is 7.79. The van der Waals surface area contributed by atoms with Crippen LogP contribution < -0.4 is 5.73 Å². The fraction of sp³-hybridized carbons (Fsp3) is 0.300. The number of benzene rings is 1. The molecule has 0 heterocycles. The summed E-state index contributed by atoms with van der Waals surface area (Å²) in [6.45, 7) is -1.70. The summed E-state index contributed by atoms with van der Waals surface area (Å²) in [5, 5.41) is 0. The third kappa shape index (κ3) is 4.66. The van der Waals surface area contributed by atoms with Crippen LogP contribution in [0.25, 0.3) is 0 Å². The van der Waals surface area contributed by atoms with Crippen LogP contribution in [-0.2, 0) is 11.3 Å². The van der Waals surface area contributed by atoms with Crippen LogP contribution in [0.1, 0.15) is 11.1 Å². The molecule has 0 aliphatic heterocycles. The molecular formula is C10H9F4NOS. The predicted molar refractivity (Wildman–Crippen MR) is 58.0 cm³/mol. The van der Waals surface area contributed by atoms with Gasteiger partial charge < -0.3 is 10.5 Å². The Balaban J connectivity index is 2.74. The molecule has 17 heavy (non-hydrogen) atoms. The summed E-state index contributed by atoms with van der Waals surface area (Å²) < 4.78 is 52.9. The molecule has 0 aliphatic carbocycles. The second kappa shape index (κ2) is 5.42. The molecule has 0 saturated carbocycles. The van der Waals surface area contributed by atoms with Gasteiger partial charge in [-0.15, -0.1) is 0 Å². The van der Waals surface area contributed by atoms with Crippen LogP contribution in [0.3, 0.4) is 0 Å². The molecular weight excluding hydrogens is 258 g/mol. The van der Waals surface area contributed by atoms with Crippen molar-refractivity contribution in [2.45, 2.75) is 12.8 Å². The molecule has 0 aliphatic rings. The molecule has 0 aromatic heterocycles. The van der Waals surface area contributed by atoms with Gasteiger partial charge in [-0.2, -0.15) is 13.2 Å². The second-order valence-electron chi connectivity index (χ2n) is 3.27. The van der Waals surface area contributed by atoms with Crippen LogP contribution >= 0.6 is 12.2 Å². The molecule has 0 radical (unpaired) electrons. The minimum absolute atomic E-state index is 0.0879. The lowest BCUT2D eigenvalue weighted by Gasteiger charge is -2.10. The van der Waals surface area contributed by atoms with Gasteiger partial charge in [-0.05, 0) is 17.7 Å². The highest BCUT2D eigenvalue weighted by molar-refractivity contribution is 7.80. The lowest BCUT2D eigenvalue weighted by molar-refractivity contribution is -0.176. The van der Waals surface area contributed by atoms with Gasteiger partial charge in [0, 0.05) is 5.56 Å². The zero-order valence-corrected chi connectivity index (χ0v) is 9.37. The summed E-state index contributed by atoms with van der Waals surface area (Å²) in [4.78, 5) is -0.0879. The largest absolute Gasteiger partial charge is 0.411 e. The van der Waals surface area contributed by atoms with Gasteiger partial charge in [0.2, 0.25) is 0 Å². The molecule has 0 amide bonds. The monoisotopic (exact) mass is 267 g/mol. The van der Waals surface area contributed by atoms with Crippen molar-refractivity contribution in [2.24, 2.45) is 5.73 Å². The van der Waals surface area contributed by atoms with E-state index >= 15 is 0 Å². The zero-order chi connectivity index (χ0) is 13.1. The topological polar surface area (TPSA) is 35.2 Å². The molecule has 0 spiro atoms. The lowest BCUT2D eigenvalue weighted by Crippen LogP contribution is -2.18. The Bertz CT molecular complexity index is 419. The zero-order valence-electron chi connectivity index (χ0n) is 8.55. The lowest BCUT2D eigenvalue weighted by atomic mass is 10.1. The fourth-order valence-electron chi connectivity index (χ4n) is 1.18. The van der Waals surface area contributed by atoms with Crippen molar-refractivity contribution < 1.29 is 22.3 Å². The van der Waals surface area contributed by atoms with Crippen molar-refractivity contribution in [3.8, 4) is 0 Å². The third-order valence-electron chi connectivity index (χ3n) is 1.86. The van der Waals surface area contributed by atoms with E-state index < -0.39 is 18.6 Å². The molecule has 2 nitrogen and oxygen atoms in total. The highest BCUT2D eigenvalue weighted by Crippen LogP contribution is 2.17. The number of rotatable bonds is 4. The Morgan fingerprint density at radius 1 is 1.35 bits per heavy atom. The average Bonchev–Trinajstić information content (AvgIpc) is 2.18. The molecule has 1 aromatic rings. The number of nitrogens with two attached hydrogens (primary N) is 1. The first-order valence-electron chi connectivity index (χ1n) is 4.52. The minimum atomic E-state index is -4.40. The van der Waals surface area contributed by atoms with Crippen molar-refractivity contribution in [3.63, 3.8) is 0 Å². The SMILES string of the molecule is NC(=S)c1cc(F)ccc1COCC(F)(F)F. The maximum Gasteiger partial charge on any atom is 0.411 e. The summed E-state index contributed by atoms with van der Waals surface area (Å²) in [5.74, 6) is -0.563. The predicted octanol–water partition coefficient (Wildman–Crippen LogP) is 2.54. The quantitative estimate of drug-likeness (QED) is 0.672. The van der Waals surface area contributed by atoms with Crippen molar-refractivity contribution >= 4 is 17.2 Å². The van der Waals surface area contributed by atoms with E-state index in [4.69, 9.17) is 5.73 Å². The summed E-state index contributed by atoms with van der Waals surface area (Å²) in [6.07, 6.45) is -4.40. The Morgan fingerprint density at radius 3 is 2.53 bits per heavy atom. The summed E-state index contributed by atoms with van der Waals surface area (Å²) in [7, 11) is 0. The van der Waals surface area contributed by atoms with E-state index in [1.807, 2.05) is 0 Å². The van der Waals surface area contributed by atoms with Crippen molar-refractivity contribution in [3.05, 3.63) is 35.1 Å². The molecule has 0 fully saturated rings. The summed E-state index contributed by atoms with van der Waals surface area (Å²) in [5.41, 5.74) is 5.83. The average molecular weight is 267 g/mol. The van der Waals surface area contributed by atoms with Crippen LogP contribution in [0.5, 0.6) is 0 Å². The van der Waals surface area contributed by atoms with E-state index in [-0.39, 0.29) is 17.2 Å². The Hall–Kier alpha value is -1.21. The maximum absolute atomic E-state index is 12.9. The first-order valence-corrected chi connectivity index (χ1v) is 4.93. The number of ether oxygens (including phenoxy) is 1. The van der Waals surface area contributed by atoms with Gasteiger partial charge in [0.05, 0.1) is 6.61 Å². The third-order valence-corrected chi connectivity index (χ3v) is 2.08. The Kier molecular flexibility index (Phi) is 4.41. The molecule has 0 unspecified atom stereocenters. The van der Waals surface area contributed by atoms with Crippen molar-refractivity contribution in [1.29, 1.82) is 0 Å². The van der Waals surface area contributed by atoms with Gasteiger partial charge in [0.15, 0.2) is 0 Å². The minimum Gasteiger partial charge on any atom is -0.389 e. The van der Waals surface area contributed by atoms with Crippen LogP contribution in [0.2, 0.25) is 0 Å². The fourth-order valence-corrected chi connectivity index (χ4v) is 1.37. The molecule has 7 heteroatoms. The molecule has 2 N–H and O–H groups in total. The van der Waals surface area contributed by atoms with Gasteiger partial charge in [-0.25, -0.2) is 4.39 Å². The highest BCUT2D eigenvalue weighted by Gasteiger charge is 2.27. The van der Waals surface area contributed by atoms with E-state index in [1.165, 1.54) is 6.07 Å². The smallest absolute Gasteiger partial charge is 0.389 e. The second-order valence-corrected chi connectivity index (χ2v) is 3.71. The Labute approximate surface area is 100 Å². The van der Waals surface area contributed by atoms with E-state index in [0.717, 1.165) is 12.1 Å². The normalized spacial score (nSPS) is 11.5. The van der Waals surface area contributed by atoms with Crippen LogP contribution in [0, 0.1) is 5.82 Å². The van der Waals surface area contributed by atoms with Gasteiger partial charge in [0.25, 0.3) is 0 Å². The van der Waals surface area contributed by atoms with Crippen LogP contribution in [-0.4, -0.2) is 17.8 Å².